The molecular formula is C16H13N3O. The van der Waals surface area contributed by atoms with Crippen molar-refractivity contribution >= 4 is 0 Å². The Kier molecular flexibility index (Phi) is 3.13. The second-order valence-electron chi connectivity index (χ2n) is 4.51. The lowest BCUT2D eigenvalue weighted by atomic mass is 10.2. The molecule has 0 saturated heterocycles. The molecule has 0 atom stereocenters. The van der Waals surface area contributed by atoms with Crippen LogP contribution in [0.25, 0.3) is 17.2 Å². The van der Waals surface area contributed by atoms with Crippen molar-refractivity contribution in [3.8, 4) is 17.2 Å². The van der Waals surface area contributed by atoms with Crippen LogP contribution in [0.15, 0.2) is 65.7 Å². The highest BCUT2D eigenvalue weighted by Crippen LogP contribution is 2.15. The maximum absolute atomic E-state index is 11.9. The fourth-order valence-electron chi connectivity index (χ4n) is 1.99. The molecule has 4 heteroatoms. The largest absolute Gasteiger partial charge is 0.269 e. The van der Waals surface area contributed by atoms with E-state index in [1.165, 1.54) is 0 Å². The lowest BCUT2D eigenvalue weighted by Gasteiger charge is -2.07. The minimum Gasteiger partial charge on any atom is -0.269 e. The Morgan fingerprint density at radius 3 is 2.60 bits per heavy atom. The molecule has 0 fully saturated rings. The average molecular weight is 263 g/mol. The second-order valence-corrected chi connectivity index (χ2v) is 4.51. The Labute approximate surface area is 116 Å². The first kappa shape index (κ1) is 12.3. The highest BCUT2D eigenvalue weighted by Gasteiger charge is 2.05. The van der Waals surface area contributed by atoms with E-state index in [-0.39, 0.29) is 5.56 Å². The lowest BCUT2D eigenvalue weighted by Crippen LogP contribution is -2.17. The van der Waals surface area contributed by atoms with Crippen LogP contribution in [0, 0.1) is 6.92 Å². The van der Waals surface area contributed by atoms with E-state index in [9.17, 15) is 4.79 Å². The average Bonchev–Trinajstić information content (AvgIpc) is 2.51. The van der Waals surface area contributed by atoms with Gasteiger partial charge in [0.1, 0.15) is 5.82 Å². The van der Waals surface area contributed by atoms with Crippen LogP contribution in [0.2, 0.25) is 0 Å². The first-order chi connectivity index (χ1) is 9.74. The fraction of sp³-hybridized carbons (Fsp3) is 0.0625. The van der Waals surface area contributed by atoms with E-state index in [1.54, 1.807) is 29.1 Å². The minimum atomic E-state index is -0.0960. The monoisotopic (exact) mass is 263 g/mol. The van der Waals surface area contributed by atoms with Crippen molar-refractivity contribution in [2.75, 3.05) is 0 Å². The number of nitrogens with zero attached hydrogens (tertiary/aromatic N) is 3. The maximum atomic E-state index is 11.9. The van der Waals surface area contributed by atoms with Crippen molar-refractivity contribution in [2.45, 2.75) is 6.92 Å². The summed E-state index contributed by atoms with van der Waals surface area (Å²) in [7, 11) is 0. The third kappa shape index (κ3) is 2.36. The van der Waals surface area contributed by atoms with Gasteiger partial charge >= 0.3 is 0 Å². The van der Waals surface area contributed by atoms with E-state index < -0.39 is 0 Å². The topological polar surface area (TPSA) is 47.8 Å². The van der Waals surface area contributed by atoms with E-state index in [1.807, 2.05) is 43.3 Å². The van der Waals surface area contributed by atoms with Crippen molar-refractivity contribution in [1.29, 1.82) is 0 Å². The molecule has 0 aliphatic heterocycles. The highest BCUT2D eigenvalue weighted by atomic mass is 16.1. The van der Waals surface area contributed by atoms with Gasteiger partial charge in [0.2, 0.25) is 0 Å². The van der Waals surface area contributed by atoms with Crippen molar-refractivity contribution in [3.63, 3.8) is 0 Å². The molecule has 0 radical (unpaired) electrons. The first-order valence-electron chi connectivity index (χ1n) is 6.32. The zero-order valence-electron chi connectivity index (χ0n) is 11.0. The van der Waals surface area contributed by atoms with Crippen LogP contribution < -0.4 is 5.56 Å². The highest BCUT2D eigenvalue weighted by molar-refractivity contribution is 5.54. The predicted molar refractivity (Wildman–Crippen MR) is 77.8 cm³/mol. The van der Waals surface area contributed by atoms with Crippen LogP contribution >= 0.6 is 0 Å². The van der Waals surface area contributed by atoms with Crippen LogP contribution in [-0.4, -0.2) is 14.5 Å². The zero-order valence-corrected chi connectivity index (χ0v) is 11.0. The molecule has 0 aliphatic carbocycles. The maximum Gasteiger partial charge on any atom is 0.256 e. The molecule has 3 aromatic rings. The first-order valence-corrected chi connectivity index (χ1v) is 6.32. The molecule has 98 valence electrons. The van der Waals surface area contributed by atoms with E-state index in [4.69, 9.17) is 0 Å². The molecule has 3 heterocycles. The van der Waals surface area contributed by atoms with Gasteiger partial charge in [0, 0.05) is 18.5 Å². The molecule has 0 aliphatic rings. The normalized spacial score (nSPS) is 10.4. The van der Waals surface area contributed by atoms with E-state index in [0.717, 1.165) is 17.0 Å². The third-order valence-corrected chi connectivity index (χ3v) is 2.97. The Bertz CT molecular complexity index is 794. The van der Waals surface area contributed by atoms with E-state index in [0.29, 0.717) is 5.82 Å². The zero-order chi connectivity index (χ0) is 13.9. The molecule has 0 N–H and O–H groups in total. The summed E-state index contributed by atoms with van der Waals surface area (Å²) in [5.41, 5.74) is 2.45. The van der Waals surface area contributed by atoms with Gasteiger partial charge in [-0.1, -0.05) is 18.2 Å². The van der Waals surface area contributed by atoms with Crippen LogP contribution in [0.4, 0.5) is 0 Å². The van der Waals surface area contributed by atoms with Crippen LogP contribution in [0.3, 0.4) is 0 Å². The molecular weight excluding hydrogens is 250 g/mol. The van der Waals surface area contributed by atoms with Crippen molar-refractivity contribution in [2.24, 2.45) is 0 Å². The van der Waals surface area contributed by atoms with Gasteiger partial charge in [-0.3, -0.25) is 14.3 Å². The summed E-state index contributed by atoms with van der Waals surface area (Å²) < 4.78 is 1.54. The summed E-state index contributed by atoms with van der Waals surface area (Å²) in [6, 6.07) is 14.6. The standard InChI is InChI=1S/C16H13N3O/c1-12-8-9-16(20)19(11-12)15-7-4-6-14(18-15)13-5-2-3-10-17-13/h2-11H,1H3. The smallest absolute Gasteiger partial charge is 0.256 e. The second kappa shape index (κ2) is 5.09. The van der Waals surface area contributed by atoms with Crippen LogP contribution in [0.1, 0.15) is 5.56 Å². The summed E-state index contributed by atoms with van der Waals surface area (Å²) in [6.07, 6.45) is 3.51. The van der Waals surface area contributed by atoms with Gasteiger partial charge in [-0.15, -0.1) is 0 Å². The molecule has 3 rings (SSSR count). The molecule has 0 spiro atoms. The number of pyridine rings is 3. The third-order valence-electron chi connectivity index (χ3n) is 2.97. The number of hydrogen-bond acceptors (Lipinski definition) is 3. The predicted octanol–water partition coefficient (Wildman–Crippen LogP) is 2.60. The van der Waals surface area contributed by atoms with Crippen molar-refractivity contribution in [1.82, 2.24) is 14.5 Å². The van der Waals surface area contributed by atoms with Gasteiger partial charge < -0.3 is 0 Å². The molecule has 0 amide bonds. The molecule has 3 aromatic heterocycles. The Morgan fingerprint density at radius 1 is 0.950 bits per heavy atom. The molecule has 0 unspecified atom stereocenters. The summed E-state index contributed by atoms with van der Waals surface area (Å²) in [5.74, 6) is 0.599. The molecule has 4 nitrogen and oxygen atoms in total. The van der Waals surface area contributed by atoms with Crippen LogP contribution in [0.5, 0.6) is 0 Å². The Hall–Kier alpha value is -2.75. The van der Waals surface area contributed by atoms with Crippen molar-refractivity contribution < 1.29 is 0 Å². The SMILES string of the molecule is Cc1ccc(=O)n(-c2cccc(-c3ccccn3)n2)c1. The fourth-order valence-corrected chi connectivity index (χ4v) is 1.99. The number of hydrogen-bond donors (Lipinski definition) is 0. The van der Waals surface area contributed by atoms with Gasteiger partial charge in [0.05, 0.1) is 11.4 Å². The summed E-state index contributed by atoms with van der Waals surface area (Å²) in [6.45, 7) is 1.94. The van der Waals surface area contributed by atoms with Crippen LogP contribution in [-0.2, 0) is 0 Å². The van der Waals surface area contributed by atoms with Gasteiger partial charge in [-0.2, -0.15) is 0 Å². The summed E-state index contributed by atoms with van der Waals surface area (Å²) >= 11 is 0. The van der Waals surface area contributed by atoms with Gasteiger partial charge in [0.25, 0.3) is 5.56 Å². The lowest BCUT2D eigenvalue weighted by molar-refractivity contribution is 0.931. The molecule has 0 aromatic carbocycles. The van der Waals surface area contributed by atoms with Gasteiger partial charge in [-0.25, -0.2) is 4.98 Å². The van der Waals surface area contributed by atoms with Crippen molar-refractivity contribution in [3.05, 3.63) is 76.8 Å². The summed E-state index contributed by atoms with van der Waals surface area (Å²) in [4.78, 5) is 20.7. The van der Waals surface area contributed by atoms with Gasteiger partial charge in [0.15, 0.2) is 0 Å². The molecule has 20 heavy (non-hydrogen) atoms. The van der Waals surface area contributed by atoms with E-state index in [2.05, 4.69) is 9.97 Å². The number of aromatic nitrogens is 3. The Morgan fingerprint density at radius 2 is 1.80 bits per heavy atom. The minimum absolute atomic E-state index is 0.0960. The quantitative estimate of drug-likeness (QED) is 0.714. The van der Waals surface area contributed by atoms with Gasteiger partial charge in [-0.05, 0) is 36.8 Å². The van der Waals surface area contributed by atoms with E-state index >= 15 is 0 Å². The number of rotatable bonds is 2. The number of aryl methyl sites for hydroxylation is 1. The summed E-state index contributed by atoms with van der Waals surface area (Å²) in [5, 5.41) is 0. The molecule has 0 saturated carbocycles. The molecule has 0 bridgehead atoms. The Balaban J connectivity index is 2.13.